The molecule has 0 aliphatic rings. The van der Waals surface area contributed by atoms with Gasteiger partial charge in [0.2, 0.25) is 5.91 Å². The van der Waals surface area contributed by atoms with Crippen molar-refractivity contribution in [1.29, 1.82) is 0 Å². The summed E-state index contributed by atoms with van der Waals surface area (Å²) in [5.74, 6) is 1.21. The summed E-state index contributed by atoms with van der Waals surface area (Å²) >= 11 is 0. The number of para-hydroxylation sites is 2. The number of imidazole rings is 1. The van der Waals surface area contributed by atoms with Crippen LogP contribution in [0.2, 0.25) is 0 Å². The molecule has 120 valence electrons. The molecule has 0 unspecified atom stereocenters. The molecule has 0 bridgehead atoms. The van der Waals surface area contributed by atoms with Crippen molar-refractivity contribution in [3.8, 4) is 0 Å². The quantitative estimate of drug-likeness (QED) is 0.758. The number of carbonyl (C=O) groups is 1. The highest BCUT2D eigenvalue weighted by Crippen LogP contribution is 2.17. The van der Waals surface area contributed by atoms with Crippen LogP contribution < -0.4 is 5.32 Å². The Balaban J connectivity index is 2.09. The molecule has 1 aromatic carbocycles. The van der Waals surface area contributed by atoms with E-state index >= 15 is 0 Å². The van der Waals surface area contributed by atoms with Crippen LogP contribution in [0.3, 0.4) is 0 Å². The third-order valence-electron chi connectivity index (χ3n) is 3.89. The number of aromatic nitrogens is 2. The first-order chi connectivity index (χ1) is 10.6. The van der Waals surface area contributed by atoms with E-state index < -0.39 is 0 Å². The zero-order valence-corrected chi connectivity index (χ0v) is 13.9. The van der Waals surface area contributed by atoms with Crippen LogP contribution in [0, 0.1) is 5.92 Å². The van der Waals surface area contributed by atoms with Gasteiger partial charge in [0, 0.05) is 25.4 Å². The van der Waals surface area contributed by atoms with Gasteiger partial charge in [0.25, 0.3) is 0 Å². The van der Waals surface area contributed by atoms with E-state index in [4.69, 9.17) is 4.98 Å². The fourth-order valence-electron chi connectivity index (χ4n) is 2.59. The van der Waals surface area contributed by atoms with Crippen LogP contribution in [-0.2, 0) is 17.8 Å². The van der Waals surface area contributed by atoms with Gasteiger partial charge in [-0.05, 0) is 18.6 Å². The number of fused-ring (bicyclic) bond motifs is 1. The van der Waals surface area contributed by atoms with E-state index in [1.807, 2.05) is 19.9 Å². The first-order valence-corrected chi connectivity index (χ1v) is 8.35. The van der Waals surface area contributed by atoms with Gasteiger partial charge in [0.15, 0.2) is 0 Å². The van der Waals surface area contributed by atoms with Gasteiger partial charge in [0.05, 0.1) is 11.0 Å². The predicted molar refractivity (Wildman–Crippen MR) is 90.8 cm³/mol. The molecule has 0 fully saturated rings. The predicted octanol–water partition coefficient (Wildman–Crippen LogP) is 3.54. The van der Waals surface area contributed by atoms with Crippen LogP contribution in [0.15, 0.2) is 24.3 Å². The molecular formula is C18H27N3O. The maximum atomic E-state index is 11.7. The van der Waals surface area contributed by atoms with E-state index in [1.54, 1.807) is 0 Å². The molecule has 0 spiro atoms. The fourth-order valence-corrected chi connectivity index (χ4v) is 2.59. The zero-order valence-electron chi connectivity index (χ0n) is 13.9. The number of hydrogen-bond donors (Lipinski definition) is 1. The van der Waals surface area contributed by atoms with Gasteiger partial charge in [-0.15, -0.1) is 0 Å². The highest BCUT2D eigenvalue weighted by molar-refractivity contribution is 5.78. The topological polar surface area (TPSA) is 46.9 Å². The Kier molecular flexibility index (Phi) is 5.99. The Labute approximate surface area is 132 Å². The maximum absolute atomic E-state index is 11.7. The minimum absolute atomic E-state index is 0.0309. The molecule has 0 aliphatic heterocycles. The average Bonchev–Trinajstić information content (AvgIpc) is 2.85. The van der Waals surface area contributed by atoms with E-state index in [2.05, 4.69) is 35.0 Å². The number of amides is 1. The lowest BCUT2D eigenvalue weighted by atomic mass is 10.2. The summed E-state index contributed by atoms with van der Waals surface area (Å²) in [7, 11) is 0. The van der Waals surface area contributed by atoms with Crippen LogP contribution >= 0.6 is 0 Å². The number of aryl methyl sites for hydroxylation is 1. The Hall–Kier alpha value is -1.84. The maximum Gasteiger partial charge on any atom is 0.222 e. The number of rotatable bonds is 8. The second kappa shape index (κ2) is 7.97. The second-order valence-corrected chi connectivity index (χ2v) is 6.07. The van der Waals surface area contributed by atoms with E-state index in [-0.39, 0.29) is 11.8 Å². The monoisotopic (exact) mass is 301 g/mol. The minimum Gasteiger partial charge on any atom is -0.355 e. The average molecular weight is 301 g/mol. The third-order valence-corrected chi connectivity index (χ3v) is 3.89. The molecule has 0 aliphatic carbocycles. The molecule has 4 heteroatoms. The Morgan fingerprint density at radius 2 is 2.05 bits per heavy atom. The highest BCUT2D eigenvalue weighted by Gasteiger charge is 2.11. The lowest BCUT2D eigenvalue weighted by Crippen LogP contribution is -2.30. The molecule has 22 heavy (non-hydrogen) atoms. The molecule has 0 atom stereocenters. The lowest BCUT2D eigenvalue weighted by Gasteiger charge is -2.10. The third kappa shape index (κ3) is 4.09. The fraction of sp³-hybridized carbons (Fsp3) is 0.556. The summed E-state index contributed by atoms with van der Waals surface area (Å²) in [5.41, 5.74) is 2.24. The first kappa shape index (κ1) is 16.5. The Bertz CT molecular complexity index is 616. The van der Waals surface area contributed by atoms with Gasteiger partial charge in [-0.25, -0.2) is 4.98 Å². The summed E-state index contributed by atoms with van der Waals surface area (Å²) in [4.78, 5) is 16.4. The molecule has 1 amide bonds. The van der Waals surface area contributed by atoms with Gasteiger partial charge >= 0.3 is 0 Å². The number of benzene rings is 1. The van der Waals surface area contributed by atoms with Gasteiger partial charge in [0.1, 0.15) is 5.82 Å². The standard InChI is InChI=1S/C18H27N3O/c1-4-5-8-13-21-16-10-7-6-9-15(16)20-17(21)11-12-19-18(22)14(2)3/h6-7,9-10,14H,4-5,8,11-13H2,1-3H3,(H,19,22). The highest BCUT2D eigenvalue weighted by atomic mass is 16.1. The van der Waals surface area contributed by atoms with Crippen molar-refractivity contribution in [1.82, 2.24) is 14.9 Å². The molecule has 2 aromatic rings. The van der Waals surface area contributed by atoms with E-state index in [1.165, 1.54) is 24.8 Å². The molecule has 1 heterocycles. The van der Waals surface area contributed by atoms with E-state index in [0.29, 0.717) is 6.54 Å². The first-order valence-electron chi connectivity index (χ1n) is 8.35. The van der Waals surface area contributed by atoms with Crippen LogP contribution in [0.25, 0.3) is 11.0 Å². The van der Waals surface area contributed by atoms with Crippen LogP contribution in [0.1, 0.15) is 45.9 Å². The minimum atomic E-state index is 0.0309. The molecule has 1 aromatic heterocycles. The van der Waals surface area contributed by atoms with Gasteiger partial charge in [-0.3, -0.25) is 4.79 Å². The molecule has 0 saturated heterocycles. The summed E-state index contributed by atoms with van der Waals surface area (Å²) < 4.78 is 2.31. The van der Waals surface area contributed by atoms with Crippen molar-refractivity contribution >= 4 is 16.9 Å². The van der Waals surface area contributed by atoms with Crippen LogP contribution in [-0.4, -0.2) is 22.0 Å². The van der Waals surface area contributed by atoms with Gasteiger partial charge in [-0.1, -0.05) is 45.7 Å². The largest absolute Gasteiger partial charge is 0.355 e. The summed E-state index contributed by atoms with van der Waals surface area (Å²) in [6, 6.07) is 8.27. The molecular weight excluding hydrogens is 274 g/mol. The lowest BCUT2D eigenvalue weighted by molar-refractivity contribution is -0.123. The number of unbranched alkanes of at least 4 members (excludes halogenated alkanes) is 2. The van der Waals surface area contributed by atoms with Crippen LogP contribution in [0.4, 0.5) is 0 Å². The normalized spacial score (nSPS) is 11.3. The molecule has 4 nitrogen and oxygen atoms in total. The number of nitrogens with zero attached hydrogens (tertiary/aromatic N) is 2. The van der Waals surface area contributed by atoms with Crippen molar-refractivity contribution in [3.63, 3.8) is 0 Å². The van der Waals surface area contributed by atoms with Crippen LogP contribution in [0.5, 0.6) is 0 Å². The van der Waals surface area contributed by atoms with Crippen molar-refractivity contribution in [2.24, 2.45) is 5.92 Å². The molecule has 1 N–H and O–H groups in total. The molecule has 0 saturated carbocycles. The zero-order chi connectivity index (χ0) is 15.9. The number of carbonyl (C=O) groups excluding carboxylic acids is 1. The number of hydrogen-bond acceptors (Lipinski definition) is 2. The van der Waals surface area contributed by atoms with E-state index in [9.17, 15) is 4.79 Å². The van der Waals surface area contributed by atoms with E-state index in [0.717, 1.165) is 24.3 Å². The Morgan fingerprint density at radius 1 is 1.27 bits per heavy atom. The Morgan fingerprint density at radius 3 is 2.77 bits per heavy atom. The smallest absolute Gasteiger partial charge is 0.222 e. The summed E-state index contributed by atoms with van der Waals surface area (Å²) in [6.45, 7) is 7.69. The van der Waals surface area contributed by atoms with Gasteiger partial charge in [-0.2, -0.15) is 0 Å². The summed E-state index contributed by atoms with van der Waals surface area (Å²) in [5, 5.41) is 2.98. The number of nitrogens with one attached hydrogen (secondary N) is 1. The van der Waals surface area contributed by atoms with Crippen molar-refractivity contribution < 1.29 is 4.79 Å². The van der Waals surface area contributed by atoms with Crippen molar-refractivity contribution in [3.05, 3.63) is 30.1 Å². The van der Waals surface area contributed by atoms with Crippen molar-refractivity contribution in [2.45, 2.75) is 53.0 Å². The SMILES string of the molecule is CCCCCn1c(CCNC(=O)C(C)C)nc2ccccc21. The molecule has 2 rings (SSSR count). The second-order valence-electron chi connectivity index (χ2n) is 6.07. The molecule has 0 radical (unpaired) electrons. The summed E-state index contributed by atoms with van der Waals surface area (Å²) in [6.07, 6.45) is 4.39. The van der Waals surface area contributed by atoms with Gasteiger partial charge < -0.3 is 9.88 Å². The van der Waals surface area contributed by atoms with Crippen molar-refractivity contribution in [2.75, 3.05) is 6.54 Å².